The highest BCUT2D eigenvalue weighted by atomic mass is 35.5. The van der Waals surface area contributed by atoms with Gasteiger partial charge in [0, 0.05) is 0 Å². The van der Waals surface area contributed by atoms with Gasteiger partial charge in [-0.2, -0.15) is 0 Å². The molecule has 0 aromatic heterocycles. The first-order valence-corrected chi connectivity index (χ1v) is 8.24. The Morgan fingerprint density at radius 2 is 1.93 bits per heavy atom. The first-order valence-electron chi connectivity index (χ1n) is 4.36. The standard InChI is InChI=1S/C10H13ClO2Si/c1-14(2,3)8-6-4-5-7(9(8)11)10(12)13/h4-6H,1-3H3,(H,12,13). The fourth-order valence-corrected chi connectivity index (χ4v) is 3.72. The second-order valence-electron chi connectivity index (χ2n) is 4.22. The van der Waals surface area contributed by atoms with Crippen LogP contribution < -0.4 is 5.19 Å². The number of carboxylic acids is 1. The van der Waals surface area contributed by atoms with E-state index in [1.54, 1.807) is 6.07 Å². The van der Waals surface area contributed by atoms with Crippen molar-refractivity contribution in [2.24, 2.45) is 0 Å². The van der Waals surface area contributed by atoms with Crippen molar-refractivity contribution < 1.29 is 9.90 Å². The first kappa shape index (κ1) is 11.3. The van der Waals surface area contributed by atoms with Crippen molar-refractivity contribution in [1.29, 1.82) is 0 Å². The second kappa shape index (κ2) is 3.75. The van der Waals surface area contributed by atoms with Gasteiger partial charge in [-0.3, -0.25) is 0 Å². The van der Waals surface area contributed by atoms with Gasteiger partial charge in [0.2, 0.25) is 0 Å². The van der Waals surface area contributed by atoms with E-state index in [9.17, 15) is 4.79 Å². The van der Waals surface area contributed by atoms with E-state index in [4.69, 9.17) is 16.7 Å². The fourth-order valence-electron chi connectivity index (χ4n) is 1.28. The molecule has 0 saturated carbocycles. The molecule has 4 heteroatoms. The molecule has 0 fully saturated rings. The number of aromatic carboxylic acids is 1. The average Bonchev–Trinajstić information content (AvgIpc) is 2.01. The zero-order valence-corrected chi connectivity index (χ0v) is 10.2. The maximum absolute atomic E-state index is 10.8. The number of carbonyl (C=O) groups is 1. The highest BCUT2D eigenvalue weighted by Gasteiger charge is 2.22. The lowest BCUT2D eigenvalue weighted by Crippen LogP contribution is -2.39. The number of hydrogen-bond acceptors (Lipinski definition) is 1. The van der Waals surface area contributed by atoms with Gasteiger partial charge < -0.3 is 5.11 Å². The zero-order chi connectivity index (χ0) is 10.9. The molecule has 1 aromatic rings. The van der Waals surface area contributed by atoms with Crippen LogP contribution in [0.5, 0.6) is 0 Å². The van der Waals surface area contributed by atoms with Crippen molar-refractivity contribution in [3.63, 3.8) is 0 Å². The molecular formula is C10H13ClO2Si. The van der Waals surface area contributed by atoms with Gasteiger partial charge in [0.05, 0.1) is 18.7 Å². The van der Waals surface area contributed by atoms with Crippen molar-refractivity contribution >= 4 is 30.8 Å². The SMILES string of the molecule is C[Si](C)(C)c1cccc(C(=O)O)c1Cl. The minimum Gasteiger partial charge on any atom is -0.478 e. The van der Waals surface area contributed by atoms with Gasteiger partial charge in [0.25, 0.3) is 0 Å². The normalized spacial score (nSPS) is 11.4. The highest BCUT2D eigenvalue weighted by Crippen LogP contribution is 2.17. The van der Waals surface area contributed by atoms with Crippen LogP contribution in [0.2, 0.25) is 24.7 Å². The molecule has 1 aromatic carbocycles. The molecular weight excluding hydrogens is 216 g/mol. The monoisotopic (exact) mass is 228 g/mol. The number of benzene rings is 1. The maximum atomic E-state index is 10.8. The summed E-state index contributed by atoms with van der Waals surface area (Å²) in [5, 5.41) is 10.3. The van der Waals surface area contributed by atoms with Gasteiger partial charge in [-0.1, -0.05) is 43.4 Å². The lowest BCUT2D eigenvalue weighted by molar-refractivity contribution is 0.0697. The Balaban J connectivity index is 3.35. The predicted molar refractivity (Wildman–Crippen MR) is 61.4 cm³/mol. The minimum atomic E-state index is -1.55. The van der Waals surface area contributed by atoms with Gasteiger partial charge in [0.15, 0.2) is 0 Å². The predicted octanol–water partition coefficient (Wildman–Crippen LogP) is 2.58. The molecule has 0 spiro atoms. The van der Waals surface area contributed by atoms with Crippen molar-refractivity contribution in [3.8, 4) is 0 Å². The fraction of sp³-hybridized carbons (Fsp3) is 0.300. The molecule has 14 heavy (non-hydrogen) atoms. The molecule has 0 amide bonds. The Morgan fingerprint density at radius 3 is 2.36 bits per heavy atom. The maximum Gasteiger partial charge on any atom is 0.337 e. The van der Waals surface area contributed by atoms with E-state index in [2.05, 4.69) is 19.6 Å². The van der Waals surface area contributed by atoms with E-state index in [0.717, 1.165) is 5.19 Å². The summed E-state index contributed by atoms with van der Waals surface area (Å²) >= 11 is 6.04. The van der Waals surface area contributed by atoms with Crippen LogP contribution in [0.1, 0.15) is 10.4 Å². The van der Waals surface area contributed by atoms with Crippen molar-refractivity contribution in [1.82, 2.24) is 0 Å². The van der Waals surface area contributed by atoms with Crippen molar-refractivity contribution in [2.45, 2.75) is 19.6 Å². The van der Waals surface area contributed by atoms with Gasteiger partial charge in [0.1, 0.15) is 0 Å². The smallest absolute Gasteiger partial charge is 0.337 e. The Kier molecular flexibility index (Phi) is 3.02. The molecule has 0 unspecified atom stereocenters. The largest absolute Gasteiger partial charge is 0.478 e. The Bertz CT molecular complexity index is 369. The van der Waals surface area contributed by atoms with E-state index < -0.39 is 14.0 Å². The summed E-state index contributed by atoms with van der Waals surface area (Å²) in [5.41, 5.74) is 0.201. The Morgan fingerprint density at radius 1 is 1.36 bits per heavy atom. The van der Waals surface area contributed by atoms with Crippen LogP contribution in [0.4, 0.5) is 0 Å². The summed E-state index contributed by atoms with van der Waals surface area (Å²) in [7, 11) is -1.55. The van der Waals surface area contributed by atoms with E-state index in [0.29, 0.717) is 5.02 Å². The van der Waals surface area contributed by atoms with Crippen LogP contribution in [0, 0.1) is 0 Å². The zero-order valence-electron chi connectivity index (χ0n) is 8.47. The minimum absolute atomic E-state index is 0.201. The van der Waals surface area contributed by atoms with Crippen LogP contribution in [-0.2, 0) is 0 Å². The quantitative estimate of drug-likeness (QED) is 0.791. The van der Waals surface area contributed by atoms with Gasteiger partial charge in [-0.05, 0) is 11.3 Å². The summed E-state index contributed by atoms with van der Waals surface area (Å²) in [4.78, 5) is 10.8. The van der Waals surface area contributed by atoms with Crippen LogP contribution in [0.25, 0.3) is 0 Å². The molecule has 0 aliphatic heterocycles. The highest BCUT2D eigenvalue weighted by molar-refractivity contribution is 6.90. The summed E-state index contributed by atoms with van der Waals surface area (Å²) in [5.74, 6) is -0.963. The van der Waals surface area contributed by atoms with E-state index in [1.165, 1.54) is 6.07 Å². The molecule has 0 atom stereocenters. The van der Waals surface area contributed by atoms with Crippen LogP contribution in [-0.4, -0.2) is 19.1 Å². The third-order valence-electron chi connectivity index (χ3n) is 2.04. The number of rotatable bonds is 2. The van der Waals surface area contributed by atoms with E-state index in [1.807, 2.05) is 6.07 Å². The number of carboxylic acid groups (broad SMARTS) is 1. The Labute approximate surface area is 89.5 Å². The summed E-state index contributed by atoms with van der Waals surface area (Å²) in [6, 6.07) is 5.21. The second-order valence-corrected chi connectivity index (χ2v) is 9.64. The van der Waals surface area contributed by atoms with Gasteiger partial charge in [-0.15, -0.1) is 0 Å². The van der Waals surface area contributed by atoms with Crippen molar-refractivity contribution in [2.75, 3.05) is 0 Å². The third kappa shape index (κ3) is 2.16. The molecule has 1 rings (SSSR count). The molecule has 1 N–H and O–H groups in total. The lowest BCUT2D eigenvalue weighted by atomic mass is 10.2. The molecule has 0 radical (unpaired) electrons. The molecule has 0 aliphatic carbocycles. The average molecular weight is 229 g/mol. The number of halogens is 1. The molecule has 76 valence electrons. The van der Waals surface area contributed by atoms with E-state index in [-0.39, 0.29) is 5.56 Å². The lowest BCUT2D eigenvalue weighted by Gasteiger charge is -2.18. The summed E-state index contributed by atoms with van der Waals surface area (Å²) < 4.78 is 0. The topological polar surface area (TPSA) is 37.3 Å². The molecule has 0 saturated heterocycles. The van der Waals surface area contributed by atoms with Crippen molar-refractivity contribution in [3.05, 3.63) is 28.8 Å². The first-order chi connectivity index (χ1) is 6.34. The summed E-state index contributed by atoms with van der Waals surface area (Å²) in [6.45, 7) is 6.42. The molecule has 0 aliphatic rings. The molecule has 0 heterocycles. The van der Waals surface area contributed by atoms with Crippen LogP contribution >= 0.6 is 11.6 Å². The van der Waals surface area contributed by atoms with Crippen LogP contribution in [0.15, 0.2) is 18.2 Å². The Hall–Kier alpha value is -0.803. The van der Waals surface area contributed by atoms with Gasteiger partial charge >= 0.3 is 5.97 Å². The third-order valence-corrected chi connectivity index (χ3v) is 4.64. The van der Waals surface area contributed by atoms with E-state index >= 15 is 0 Å². The van der Waals surface area contributed by atoms with Gasteiger partial charge in [-0.25, -0.2) is 4.79 Å². The molecule has 2 nitrogen and oxygen atoms in total. The number of hydrogen-bond donors (Lipinski definition) is 1. The molecule has 0 bridgehead atoms. The van der Waals surface area contributed by atoms with Crippen LogP contribution in [0.3, 0.4) is 0 Å². The summed E-state index contributed by atoms with van der Waals surface area (Å²) in [6.07, 6.45) is 0.